The first-order chi connectivity index (χ1) is 9.88. The number of Topliss-reactive ketones (excluding diaryl/α,β-unsaturated/α-hetero) is 1. The maximum Gasteiger partial charge on any atom is 0.218 e. The molecule has 1 aromatic carbocycles. The molecular formula is C16H18FN3O. The van der Waals surface area contributed by atoms with E-state index in [9.17, 15) is 9.18 Å². The number of aromatic nitrogens is 3. The van der Waals surface area contributed by atoms with Gasteiger partial charge in [0.2, 0.25) is 11.6 Å². The maximum absolute atomic E-state index is 14.2. The second-order valence-electron chi connectivity index (χ2n) is 6.45. The number of hydrogen-bond acceptors (Lipinski definition) is 3. The number of rotatable bonds is 2. The zero-order valence-corrected chi connectivity index (χ0v) is 12.4. The molecule has 0 radical (unpaired) electrons. The minimum Gasteiger partial charge on any atom is -0.290 e. The Bertz CT molecular complexity index is 673. The van der Waals surface area contributed by atoms with Crippen LogP contribution in [0.15, 0.2) is 30.3 Å². The summed E-state index contributed by atoms with van der Waals surface area (Å²) in [6, 6.07) is 9.45. The number of benzene rings is 1. The van der Waals surface area contributed by atoms with Gasteiger partial charge in [-0.15, -0.1) is 5.10 Å². The van der Waals surface area contributed by atoms with Crippen molar-refractivity contribution in [1.82, 2.24) is 14.8 Å². The molecule has 3 rings (SSSR count). The van der Waals surface area contributed by atoms with Crippen LogP contribution in [0.25, 0.3) is 0 Å². The van der Waals surface area contributed by atoms with E-state index in [0.717, 1.165) is 5.56 Å². The standard InChI is InChI=1S/C16H18FN3O/c1-16(2,3)13(21)14-18-15-11(17)9-12(20(15)19-14)10-7-5-4-6-8-10/h4-8,11-12H,9H2,1-3H3. The topological polar surface area (TPSA) is 47.8 Å². The van der Waals surface area contributed by atoms with Gasteiger partial charge in [-0.2, -0.15) is 0 Å². The quantitative estimate of drug-likeness (QED) is 0.794. The highest BCUT2D eigenvalue weighted by Gasteiger charge is 2.37. The molecule has 2 atom stereocenters. The van der Waals surface area contributed by atoms with Gasteiger partial charge in [0, 0.05) is 11.8 Å². The van der Waals surface area contributed by atoms with Crippen molar-refractivity contribution in [2.45, 2.75) is 39.4 Å². The lowest BCUT2D eigenvalue weighted by Crippen LogP contribution is -2.22. The number of carbonyl (C=O) groups excluding carboxylic acids is 1. The smallest absolute Gasteiger partial charge is 0.218 e. The normalized spacial score (nSPS) is 21.3. The average Bonchev–Trinajstić information content (AvgIpc) is 2.99. The van der Waals surface area contributed by atoms with Crippen LogP contribution >= 0.6 is 0 Å². The van der Waals surface area contributed by atoms with Crippen molar-refractivity contribution in [1.29, 1.82) is 0 Å². The zero-order chi connectivity index (χ0) is 15.2. The van der Waals surface area contributed by atoms with Crippen LogP contribution in [-0.2, 0) is 0 Å². The first-order valence-corrected chi connectivity index (χ1v) is 7.08. The molecule has 4 nitrogen and oxygen atoms in total. The van der Waals surface area contributed by atoms with E-state index in [1.807, 2.05) is 51.1 Å². The van der Waals surface area contributed by atoms with Crippen LogP contribution in [0.4, 0.5) is 4.39 Å². The molecule has 0 bridgehead atoms. The Hall–Kier alpha value is -2.04. The molecular weight excluding hydrogens is 269 g/mol. The number of halogens is 1. The monoisotopic (exact) mass is 287 g/mol. The van der Waals surface area contributed by atoms with Crippen molar-refractivity contribution in [2.24, 2.45) is 5.41 Å². The Kier molecular flexibility index (Phi) is 3.15. The fourth-order valence-corrected chi connectivity index (χ4v) is 2.56. The van der Waals surface area contributed by atoms with E-state index in [1.165, 1.54) is 0 Å². The summed E-state index contributed by atoms with van der Waals surface area (Å²) in [6.45, 7) is 5.43. The molecule has 1 aromatic heterocycles. The average molecular weight is 287 g/mol. The Morgan fingerprint density at radius 2 is 1.95 bits per heavy atom. The predicted molar refractivity (Wildman–Crippen MR) is 76.9 cm³/mol. The number of hydrogen-bond donors (Lipinski definition) is 0. The number of fused-ring (bicyclic) bond motifs is 1. The van der Waals surface area contributed by atoms with Gasteiger partial charge in [0.05, 0.1) is 6.04 Å². The van der Waals surface area contributed by atoms with Gasteiger partial charge in [-0.3, -0.25) is 4.79 Å². The lowest BCUT2D eigenvalue weighted by molar-refractivity contribution is 0.0846. The number of nitrogens with zero attached hydrogens (tertiary/aromatic N) is 3. The van der Waals surface area contributed by atoms with Gasteiger partial charge in [-0.1, -0.05) is 51.1 Å². The van der Waals surface area contributed by atoms with Gasteiger partial charge in [0.1, 0.15) is 0 Å². The summed E-state index contributed by atoms with van der Waals surface area (Å²) >= 11 is 0. The largest absolute Gasteiger partial charge is 0.290 e. The third-order valence-electron chi connectivity index (χ3n) is 3.73. The second kappa shape index (κ2) is 4.76. The Labute approximate surface area is 123 Å². The van der Waals surface area contributed by atoms with Gasteiger partial charge >= 0.3 is 0 Å². The third-order valence-corrected chi connectivity index (χ3v) is 3.73. The molecule has 1 aliphatic rings. The maximum atomic E-state index is 14.2. The minimum absolute atomic E-state index is 0.112. The summed E-state index contributed by atoms with van der Waals surface area (Å²) in [5.74, 6) is 0.209. The highest BCUT2D eigenvalue weighted by molar-refractivity contribution is 5.96. The molecule has 0 aliphatic carbocycles. The van der Waals surface area contributed by atoms with Gasteiger partial charge in [0.15, 0.2) is 12.0 Å². The van der Waals surface area contributed by atoms with Gasteiger partial charge in [-0.25, -0.2) is 14.1 Å². The molecule has 0 amide bonds. The van der Waals surface area contributed by atoms with Gasteiger partial charge in [0.25, 0.3) is 0 Å². The van der Waals surface area contributed by atoms with Crippen molar-refractivity contribution < 1.29 is 9.18 Å². The molecule has 5 heteroatoms. The van der Waals surface area contributed by atoms with E-state index in [0.29, 0.717) is 6.42 Å². The fourth-order valence-electron chi connectivity index (χ4n) is 2.56. The summed E-state index contributed by atoms with van der Waals surface area (Å²) in [7, 11) is 0. The van der Waals surface area contributed by atoms with E-state index in [1.54, 1.807) is 4.68 Å². The Morgan fingerprint density at radius 3 is 2.57 bits per heavy atom. The molecule has 0 saturated carbocycles. The molecule has 2 heterocycles. The van der Waals surface area contributed by atoms with Crippen LogP contribution in [0.3, 0.4) is 0 Å². The van der Waals surface area contributed by atoms with E-state index in [4.69, 9.17) is 0 Å². The highest BCUT2D eigenvalue weighted by atomic mass is 19.1. The van der Waals surface area contributed by atoms with Crippen molar-refractivity contribution in [2.75, 3.05) is 0 Å². The van der Waals surface area contributed by atoms with Gasteiger partial charge in [-0.05, 0) is 5.56 Å². The molecule has 2 aromatic rings. The van der Waals surface area contributed by atoms with Crippen molar-refractivity contribution in [3.05, 3.63) is 47.5 Å². The molecule has 0 N–H and O–H groups in total. The lowest BCUT2D eigenvalue weighted by Gasteiger charge is -2.14. The van der Waals surface area contributed by atoms with E-state index >= 15 is 0 Å². The molecule has 0 fully saturated rings. The van der Waals surface area contributed by atoms with Crippen molar-refractivity contribution in [3.8, 4) is 0 Å². The SMILES string of the molecule is CC(C)(C)C(=O)c1nc2n(n1)C(c1ccccc1)CC2F. The highest BCUT2D eigenvalue weighted by Crippen LogP contribution is 2.39. The summed E-state index contributed by atoms with van der Waals surface area (Å²) in [4.78, 5) is 16.4. The summed E-state index contributed by atoms with van der Waals surface area (Å²) in [6.07, 6.45) is -0.854. The molecule has 0 saturated heterocycles. The molecule has 110 valence electrons. The fraction of sp³-hybridized carbons (Fsp3) is 0.438. The molecule has 0 spiro atoms. The zero-order valence-electron chi connectivity index (χ0n) is 12.4. The van der Waals surface area contributed by atoms with E-state index in [-0.39, 0.29) is 23.5 Å². The van der Waals surface area contributed by atoms with Crippen LogP contribution in [-0.4, -0.2) is 20.5 Å². The molecule has 2 unspecified atom stereocenters. The van der Waals surface area contributed by atoms with Crippen LogP contribution < -0.4 is 0 Å². The lowest BCUT2D eigenvalue weighted by atomic mass is 9.90. The Morgan fingerprint density at radius 1 is 1.29 bits per heavy atom. The van der Waals surface area contributed by atoms with E-state index in [2.05, 4.69) is 10.1 Å². The van der Waals surface area contributed by atoms with Crippen LogP contribution in [0.1, 0.15) is 61.4 Å². The summed E-state index contributed by atoms with van der Waals surface area (Å²) in [5, 5.41) is 4.28. The summed E-state index contributed by atoms with van der Waals surface area (Å²) in [5.41, 5.74) is 0.412. The number of alkyl halides is 1. The molecule has 21 heavy (non-hydrogen) atoms. The predicted octanol–water partition coefficient (Wildman–Crippen LogP) is 3.51. The van der Waals surface area contributed by atoms with Crippen LogP contribution in [0, 0.1) is 5.41 Å². The first-order valence-electron chi connectivity index (χ1n) is 7.08. The first kappa shape index (κ1) is 13.9. The van der Waals surface area contributed by atoms with Crippen LogP contribution in [0.5, 0.6) is 0 Å². The molecule has 1 aliphatic heterocycles. The Balaban J connectivity index is 2.01. The summed E-state index contributed by atoms with van der Waals surface area (Å²) < 4.78 is 15.8. The number of carbonyl (C=O) groups is 1. The van der Waals surface area contributed by atoms with Gasteiger partial charge < -0.3 is 0 Å². The van der Waals surface area contributed by atoms with Crippen molar-refractivity contribution >= 4 is 5.78 Å². The minimum atomic E-state index is -1.18. The number of ketones is 1. The van der Waals surface area contributed by atoms with Crippen molar-refractivity contribution in [3.63, 3.8) is 0 Å². The van der Waals surface area contributed by atoms with E-state index < -0.39 is 11.6 Å². The van der Waals surface area contributed by atoms with Crippen LogP contribution in [0.2, 0.25) is 0 Å². The third kappa shape index (κ3) is 2.37. The second-order valence-corrected chi connectivity index (χ2v) is 6.45.